The molecule has 0 aromatic heterocycles. The molecule has 6 nitrogen and oxygen atoms in total. The Morgan fingerprint density at radius 1 is 1.19 bits per heavy atom. The molecule has 1 aromatic carbocycles. The van der Waals surface area contributed by atoms with Gasteiger partial charge in [-0.3, -0.25) is 4.79 Å². The number of benzene rings is 1. The maximum absolute atomic E-state index is 12.0. The number of carbonyl (C=O) groups excluding carboxylic acids is 1. The lowest BCUT2D eigenvalue weighted by Gasteiger charge is -2.29. The number of likely N-dealkylation sites (tertiary alicyclic amines) is 1. The van der Waals surface area contributed by atoms with E-state index >= 15 is 0 Å². The summed E-state index contributed by atoms with van der Waals surface area (Å²) in [5.41, 5.74) is 1.34. The van der Waals surface area contributed by atoms with Gasteiger partial charge in [0.25, 0.3) is 5.91 Å². The van der Waals surface area contributed by atoms with Gasteiger partial charge in [0.2, 0.25) is 0 Å². The molecule has 21 heavy (non-hydrogen) atoms. The molecule has 0 aliphatic carbocycles. The Hall–Kier alpha value is -2.08. The minimum atomic E-state index is -0.874. The number of hydrogen-bond acceptors (Lipinski definition) is 3. The smallest absolute Gasteiger partial charge is 0.407 e. The first-order valence-electron chi connectivity index (χ1n) is 7.06. The lowest BCUT2D eigenvalue weighted by Crippen LogP contribution is -2.40. The largest absolute Gasteiger partial charge is 0.465 e. The molecule has 1 fully saturated rings. The molecule has 0 unspecified atom stereocenters. The van der Waals surface area contributed by atoms with Gasteiger partial charge in [0, 0.05) is 25.2 Å². The van der Waals surface area contributed by atoms with Crippen LogP contribution in [0.15, 0.2) is 24.3 Å². The topological polar surface area (TPSA) is 89.9 Å². The number of hydrogen-bond donors (Lipinski definition) is 3. The molecule has 0 radical (unpaired) electrons. The van der Waals surface area contributed by atoms with Gasteiger partial charge in [0.05, 0.1) is 6.61 Å². The Bertz CT molecular complexity index is 493. The molecule has 1 aromatic rings. The third-order valence-electron chi connectivity index (χ3n) is 3.84. The number of carboxylic acid groups (broad SMARTS) is 1. The number of piperidine rings is 1. The zero-order chi connectivity index (χ0) is 15.2. The van der Waals surface area contributed by atoms with Crippen molar-refractivity contribution < 1.29 is 19.8 Å². The molecule has 3 N–H and O–H groups in total. The summed E-state index contributed by atoms with van der Waals surface area (Å²) < 4.78 is 0. The summed E-state index contributed by atoms with van der Waals surface area (Å²) >= 11 is 0. The van der Waals surface area contributed by atoms with Crippen molar-refractivity contribution in [2.75, 3.05) is 19.6 Å². The third-order valence-corrected chi connectivity index (χ3v) is 3.84. The second-order valence-corrected chi connectivity index (χ2v) is 5.28. The van der Waals surface area contributed by atoms with Crippen molar-refractivity contribution in [1.29, 1.82) is 0 Å². The van der Waals surface area contributed by atoms with Crippen LogP contribution in [0.2, 0.25) is 0 Å². The molecule has 0 spiro atoms. The lowest BCUT2D eigenvalue weighted by atomic mass is 9.97. The van der Waals surface area contributed by atoms with E-state index < -0.39 is 6.09 Å². The molecule has 0 saturated carbocycles. The van der Waals surface area contributed by atoms with Gasteiger partial charge >= 0.3 is 6.09 Å². The first-order valence-corrected chi connectivity index (χ1v) is 7.06. The van der Waals surface area contributed by atoms with Crippen LogP contribution in [-0.2, 0) is 6.61 Å². The Morgan fingerprint density at radius 2 is 1.81 bits per heavy atom. The minimum Gasteiger partial charge on any atom is -0.465 e. The summed E-state index contributed by atoms with van der Waals surface area (Å²) in [5, 5.41) is 20.7. The van der Waals surface area contributed by atoms with Crippen molar-refractivity contribution in [2.45, 2.75) is 19.4 Å². The number of nitrogens with zero attached hydrogens (tertiary/aromatic N) is 1. The summed E-state index contributed by atoms with van der Waals surface area (Å²) in [6.45, 7) is 1.58. The molecule has 1 heterocycles. The van der Waals surface area contributed by atoms with Crippen LogP contribution >= 0.6 is 0 Å². The van der Waals surface area contributed by atoms with Gasteiger partial charge in [-0.05, 0) is 36.5 Å². The second-order valence-electron chi connectivity index (χ2n) is 5.28. The fourth-order valence-electron chi connectivity index (χ4n) is 2.43. The number of aliphatic hydroxyl groups is 1. The van der Waals surface area contributed by atoms with Crippen LogP contribution in [0, 0.1) is 5.92 Å². The zero-order valence-electron chi connectivity index (χ0n) is 11.8. The molecule has 2 rings (SSSR count). The number of nitrogens with one attached hydrogen (secondary N) is 1. The molecule has 6 heteroatoms. The highest BCUT2D eigenvalue weighted by Crippen LogP contribution is 2.16. The zero-order valence-corrected chi connectivity index (χ0v) is 11.8. The van der Waals surface area contributed by atoms with Crippen LogP contribution in [0.25, 0.3) is 0 Å². The molecule has 0 atom stereocenters. The molecule has 114 valence electrons. The van der Waals surface area contributed by atoms with Crippen molar-refractivity contribution in [1.82, 2.24) is 10.2 Å². The van der Waals surface area contributed by atoms with Crippen LogP contribution in [0.5, 0.6) is 0 Å². The predicted molar refractivity (Wildman–Crippen MR) is 77.0 cm³/mol. The van der Waals surface area contributed by atoms with Crippen LogP contribution in [0.1, 0.15) is 28.8 Å². The molecular weight excluding hydrogens is 272 g/mol. The third kappa shape index (κ3) is 4.19. The highest BCUT2D eigenvalue weighted by Gasteiger charge is 2.22. The van der Waals surface area contributed by atoms with E-state index in [4.69, 9.17) is 10.2 Å². The molecule has 1 saturated heterocycles. The quantitative estimate of drug-likeness (QED) is 0.780. The van der Waals surface area contributed by atoms with E-state index in [0.717, 1.165) is 18.4 Å². The molecule has 2 amide bonds. The van der Waals surface area contributed by atoms with Crippen molar-refractivity contribution in [3.63, 3.8) is 0 Å². The van der Waals surface area contributed by atoms with E-state index in [2.05, 4.69) is 5.32 Å². The van der Waals surface area contributed by atoms with Gasteiger partial charge in [0.1, 0.15) is 0 Å². The predicted octanol–water partition coefficient (Wildman–Crippen LogP) is 1.30. The van der Waals surface area contributed by atoms with Crippen molar-refractivity contribution in [3.05, 3.63) is 35.4 Å². The summed E-state index contributed by atoms with van der Waals surface area (Å²) in [7, 11) is 0. The van der Waals surface area contributed by atoms with E-state index in [-0.39, 0.29) is 12.5 Å². The van der Waals surface area contributed by atoms with Gasteiger partial charge in [-0.2, -0.15) is 0 Å². The van der Waals surface area contributed by atoms with Crippen molar-refractivity contribution in [3.8, 4) is 0 Å². The summed E-state index contributed by atoms with van der Waals surface area (Å²) in [5.74, 6) is 0.182. The standard InChI is InChI=1S/C15H20N2O4/c18-10-12-1-3-13(4-2-12)14(19)16-9-11-5-7-17(8-6-11)15(20)21/h1-4,11,18H,5-10H2,(H,16,19)(H,20,21). The van der Waals surface area contributed by atoms with E-state index in [9.17, 15) is 9.59 Å². The Balaban J connectivity index is 1.77. The number of carbonyl (C=O) groups is 2. The number of rotatable bonds is 4. The number of aliphatic hydroxyl groups excluding tert-OH is 1. The first kappa shape index (κ1) is 15.3. The molecule has 0 bridgehead atoms. The van der Waals surface area contributed by atoms with E-state index in [0.29, 0.717) is 31.1 Å². The maximum Gasteiger partial charge on any atom is 0.407 e. The fourth-order valence-corrected chi connectivity index (χ4v) is 2.43. The number of amides is 2. The Kier molecular flexibility index (Phi) is 5.16. The fraction of sp³-hybridized carbons (Fsp3) is 0.467. The second kappa shape index (κ2) is 7.08. The van der Waals surface area contributed by atoms with Crippen molar-refractivity contribution >= 4 is 12.0 Å². The summed E-state index contributed by atoms with van der Waals surface area (Å²) in [4.78, 5) is 24.2. The van der Waals surface area contributed by atoms with Gasteiger partial charge < -0.3 is 20.4 Å². The SMILES string of the molecule is O=C(NCC1CCN(C(=O)O)CC1)c1ccc(CO)cc1. The Morgan fingerprint density at radius 3 is 2.33 bits per heavy atom. The minimum absolute atomic E-state index is 0.0376. The molecule has 1 aliphatic rings. The van der Waals surface area contributed by atoms with E-state index in [1.807, 2.05) is 0 Å². The summed E-state index contributed by atoms with van der Waals surface area (Å²) in [6.07, 6.45) is 0.674. The van der Waals surface area contributed by atoms with Gasteiger partial charge in [-0.25, -0.2) is 4.79 Å². The van der Waals surface area contributed by atoms with Gasteiger partial charge in [-0.1, -0.05) is 12.1 Å². The normalized spacial score (nSPS) is 15.8. The van der Waals surface area contributed by atoms with Crippen LogP contribution in [-0.4, -0.2) is 46.7 Å². The van der Waals surface area contributed by atoms with E-state index in [1.54, 1.807) is 24.3 Å². The van der Waals surface area contributed by atoms with Gasteiger partial charge in [-0.15, -0.1) is 0 Å². The van der Waals surface area contributed by atoms with Crippen molar-refractivity contribution in [2.24, 2.45) is 5.92 Å². The first-order chi connectivity index (χ1) is 10.1. The Labute approximate surface area is 123 Å². The highest BCUT2D eigenvalue weighted by atomic mass is 16.4. The average Bonchev–Trinajstić information content (AvgIpc) is 2.53. The lowest BCUT2D eigenvalue weighted by molar-refractivity contribution is 0.0928. The van der Waals surface area contributed by atoms with E-state index in [1.165, 1.54) is 4.90 Å². The summed E-state index contributed by atoms with van der Waals surface area (Å²) in [6, 6.07) is 6.82. The van der Waals surface area contributed by atoms with Crippen LogP contribution in [0.4, 0.5) is 4.79 Å². The average molecular weight is 292 g/mol. The highest BCUT2D eigenvalue weighted by molar-refractivity contribution is 5.94. The maximum atomic E-state index is 12.0. The van der Waals surface area contributed by atoms with Crippen LogP contribution < -0.4 is 5.32 Å². The van der Waals surface area contributed by atoms with Crippen LogP contribution in [0.3, 0.4) is 0 Å². The van der Waals surface area contributed by atoms with Gasteiger partial charge in [0.15, 0.2) is 0 Å². The molecule has 1 aliphatic heterocycles. The monoisotopic (exact) mass is 292 g/mol. The molecular formula is C15H20N2O4.